The number of carboxylic acids is 1. The average Bonchev–Trinajstić information content (AvgIpc) is 2.89. The minimum Gasteiger partial charge on any atom is -0.478 e. The van der Waals surface area contributed by atoms with Crippen molar-refractivity contribution in [1.82, 2.24) is 4.98 Å². The summed E-state index contributed by atoms with van der Waals surface area (Å²) >= 11 is 13.4. The normalized spacial score (nSPS) is 13.2. The number of aromatic nitrogens is 1. The van der Waals surface area contributed by atoms with E-state index in [9.17, 15) is 9.90 Å². The average molecular weight is 340 g/mol. The van der Waals surface area contributed by atoms with E-state index < -0.39 is 5.97 Å². The monoisotopic (exact) mass is 339 g/mol. The molecule has 1 heterocycles. The van der Waals surface area contributed by atoms with E-state index in [-0.39, 0.29) is 5.56 Å². The number of rotatable bonds is 3. The fourth-order valence-corrected chi connectivity index (χ4v) is 3.79. The first-order chi connectivity index (χ1) is 10.0. The first kappa shape index (κ1) is 14.7. The van der Waals surface area contributed by atoms with E-state index in [4.69, 9.17) is 23.2 Å². The van der Waals surface area contributed by atoms with Gasteiger partial charge in [0.05, 0.1) is 10.6 Å². The van der Waals surface area contributed by atoms with Crippen LogP contribution in [0.4, 0.5) is 0 Å². The van der Waals surface area contributed by atoms with Crippen LogP contribution in [0.2, 0.25) is 10.0 Å². The van der Waals surface area contributed by atoms with Gasteiger partial charge in [-0.25, -0.2) is 9.78 Å². The Morgan fingerprint density at radius 3 is 2.81 bits per heavy atom. The molecular formula is C15H11Cl2NO2S. The summed E-state index contributed by atoms with van der Waals surface area (Å²) in [6, 6.07) is 6.84. The van der Waals surface area contributed by atoms with Crippen molar-refractivity contribution in [3.8, 4) is 0 Å². The maximum Gasteiger partial charge on any atom is 0.338 e. The van der Waals surface area contributed by atoms with Gasteiger partial charge in [-0.15, -0.1) is 0 Å². The van der Waals surface area contributed by atoms with Crippen molar-refractivity contribution in [1.29, 1.82) is 0 Å². The Hall–Kier alpha value is -1.23. The lowest BCUT2D eigenvalue weighted by Crippen LogP contribution is -2.04. The minimum absolute atomic E-state index is 0.219. The van der Waals surface area contributed by atoms with Gasteiger partial charge < -0.3 is 5.11 Å². The van der Waals surface area contributed by atoms with Crippen molar-refractivity contribution in [2.45, 2.75) is 29.2 Å². The van der Waals surface area contributed by atoms with Crippen LogP contribution in [0, 0.1) is 0 Å². The molecule has 0 spiro atoms. The molecule has 3 nitrogen and oxygen atoms in total. The van der Waals surface area contributed by atoms with Crippen molar-refractivity contribution >= 4 is 40.9 Å². The maximum atomic E-state index is 11.5. The van der Waals surface area contributed by atoms with Crippen LogP contribution < -0.4 is 0 Å². The Labute approximate surface area is 136 Å². The maximum absolute atomic E-state index is 11.5. The SMILES string of the molecule is O=C(O)c1cc2c(nc1Sc1cc(Cl)ccc1Cl)CCC2. The predicted octanol–water partition coefficient (Wildman–Crippen LogP) is 4.73. The summed E-state index contributed by atoms with van der Waals surface area (Å²) in [5.41, 5.74) is 2.24. The highest BCUT2D eigenvalue weighted by Gasteiger charge is 2.21. The highest BCUT2D eigenvalue weighted by atomic mass is 35.5. The first-order valence-electron chi connectivity index (χ1n) is 6.43. The molecule has 0 unspecified atom stereocenters. The zero-order valence-corrected chi connectivity index (χ0v) is 13.2. The highest BCUT2D eigenvalue weighted by molar-refractivity contribution is 7.99. The molecule has 0 saturated heterocycles. The topological polar surface area (TPSA) is 50.2 Å². The molecule has 0 fully saturated rings. The molecule has 1 aromatic carbocycles. The van der Waals surface area contributed by atoms with Gasteiger partial charge in [-0.2, -0.15) is 0 Å². The molecule has 0 amide bonds. The van der Waals surface area contributed by atoms with Crippen LogP contribution in [0.1, 0.15) is 28.0 Å². The molecule has 0 atom stereocenters. The van der Waals surface area contributed by atoms with E-state index >= 15 is 0 Å². The Bertz CT molecular complexity index is 734. The second-order valence-electron chi connectivity index (χ2n) is 4.78. The molecule has 1 N–H and O–H groups in total. The number of hydrogen-bond donors (Lipinski definition) is 1. The molecular weight excluding hydrogens is 329 g/mol. The number of carbonyl (C=O) groups is 1. The van der Waals surface area contributed by atoms with Gasteiger partial charge >= 0.3 is 5.97 Å². The van der Waals surface area contributed by atoms with Crippen LogP contribution in [-0.4, -0.2) is 16.1 Å². The Kier molecular flexibility index (Phi) is 4.11. The van der Waals surface area contributed by atoms with Gasteiger partial charge in [-0.1, -0.05) is 35.0 Å². The zero-order valence-electron chi connectivity index (χ0n) is 10.9. The van der Waals surface area contributed by atoms with Gasteiger partial charge in [0.1, 0.15) is 5.03 Å². The summed E-state index contributed by atoms with van der Waals surface area (Å²) in [5.74, 6) is -0.974. The largest absolute Gasteiger partial charge is 0.478 e. The molecule has 21 heavy (non-hydrogen) atoms. The van der Waals surface area contributed by atoms with Crippen LogP contribution in [-0.2, 0) is 12.8 Å². The quantitative estimate of drug-likeness (QED) is 0.878. The van der Waals surface area contributed by atoms with Crippen LogP contribution >= 0.6 is 35.0 Å². The fourth-order valence-electron chi connectivity index (χ4n) is 2.34. The third-order valence-electron chi connectivity index (χ3n) is 3.35. The molecule has 0 bridgehead atoms. The van der Waals surface area contributed by atoms with Gasteiger partial charge in [0.15, 0.2) is 0 Å². The minimum atomic E-state index is -0.974. The molecule has 108 valence electrons. The number of aromatic carboxylic acids is 1. The van der Waals surface area contributed by atoms with Gasteiger partial charge in [-0.3, -0.25) is 0 Å². The lowest BCUT2D eigenvalue weighted by atomic mass is 10.1. The summed E-state index contributed by atoms with van der Waals surface area (Å²) in [6.07, 6.45) is 2.81. The van der Waals surface area contributed by atoms with Crippen LogP contribution in [0.5, 0.6) is 0 Å². The Morgan fingerprint density at radius 1 is 1.24 bits per heavy atom. The van der Waals surface area contributed by atoms with Gasteiger partial charge in [0.25, 0.3) is 0 Å². The number of pyridine rings is 1. The number of benzene rings is 1. The van der Waals surface area contributed by atoms with E-state index in [0.29, 0.717) is 20.0 Å². The van der Waals surface area contributed by atoms with Crippen LogP contribution in [0.25, 0.3) is 0 Å². The van der Waals surface area contributed by atoms with E-state index in [0.717, 1.165) is 30.5 Å². The molecule has 0 saturated carbocycles. The Balaban J connectivity index is 2.05. The summed E-state index contributed by atoms with van der Waals surface area (Å²) in [6.45, 7) is 0. The van der Waals surface area contributed by atoms with Crippen LogP contribution in [0.3, 0.4) is 0 Å². The van der Waals surface area contributed by atoms with E-state index in [1.54, 1.807) is 24.3 Å². The van der Waals surface area contributed by atoms with E-state index in [1.165, 1.54) is 11.8 Å². The molecule has 6 heteroatoms. The predicted molar refractivity (Wildman–Crippen MR) is 83.8 cm³/mol. The second-order valence-corrected chi connectivity index (χ2v) is 6.66. The van der Waals surface area contributed by atoms with E-state index in [2.05, 4.69) is 4.98 Å². The third kappa shape index (κ3) is 3.03. The molecule has 2 aromatic rings. The van der Waals surface area contributed by atoms with E-state index in [1.807, 2.05) is 0 Å². The lowest BCUT2D eigenvalue weighted by Gasteiger charge is -2.09. The van der Waals surface area contributed by atoms with Gasteiger partial charge in [0.2, 0.25) is 0 Å². The fraction of sp³-hybridized carbons (Fsp3) is 0.200. The summed E-state index contributed by atoms with van der Waals surface area (Å²) < 4.78 is 0. The number of aryl methyl sites for hydroxylation is 2. The standard InChI is InChI=1S/C15H11Cl2NO2S/c16-9-4-5-11(17)13(7-9)21-14-10(15(19)20)6-8-2-1-3-12(8)18-14/h4-7H,1-3H2,(H,19,20). The summed E-state index contributed by atoms with van der Waals surface area (Å²) in [5, 5.41) is 10.9. The third-order valence-corrected chi connectivity index (χ3v) is 5.09. The van der Waals surface area contributed by atoms with Crippen molar-refractivity contribution in [2.75, 3.05) is 0 Å². The number of halogens is 2. The molecule has 1 aliphatic rings. The number of carboxylic acid groups (broad SMARTS) is 1. The summed E-state index contributed by atoms with van der Waals surface area (Å²) in [4.78, 5) is 16.7. The number of nitrogens with zero attached hydrogens (tertiary/aromatic N) is 1. The number of fused-ring (bicyclic) bond motifs is 1. The van der Waals surface area contributed by atoms with Gasteiger partial charge in [-0.05, 0) is 49.1 Å². The molecule has 0 aliphatic heterocycles. The first-order valence-corrected chi connectivity index (χ1v) is 8.01. The zero-order chi connectivity index (χ0) is 15.0. The van der Waals surface area contributed by atoms with Crippen molar-refractivity contribution in [3.05, 3.63) is 51.1 Å². The molecule has 1 aromatic heterocycles. The Morgan fingerprint density at radius 2 is 2.05 bits per heavy atom. The summed E-state index contributed by atoms with van der Waals surface area (Å²) in [7, 11) is 0. The highest BCUT2D eigenvalue weighted by Crippen LogP contribution is 2.37. The smallest absolute Gasteiger partial charge is 0.338 e. The molecule has 3 rings (SSSR count). The van der Waals surface area contributed by atoms with Crippen molar-refractivity contribution in [2.24, 2.45) is 0 Å². The molecule has 1 aliphatic carbocycles. The second kappa shape index (κ2) is 5.87. The van der Waals surface area contributed by atoms with Crippen LogP contribution in [0.15, 0.2) is 34.2 Å². The lowest BCUT2D eigenvalue weighted by molar-refractivity contribution is 0.0692. The van der Waals surface area contributed by atoms with Crippen molar-refractivity contribution in [3.63, 3.8) is 0 Å². The number of hydrogen-bond acceptors (Lipinski definition) is 3. The molecule has 0 radical (unpaired) electrons. The van der Waals surface area contributed by atoms with Gasteiger partial charge in [0, 0.05) is 15.6 Å². The van der Waals surface area contributed by atoms with Crippen molar-refractivity contribution < 1.29 is 9.90 Å².